The maximum absolute atomic E-state index is 11.8. The number of ketones is 1. The standard InChI is InChI=1S/C11H18N2O4/c1-11(2,10(17)12-7-9(15)16)13-5-3-8(14)4-6-13/h3-7H2,1-2H3,(H,12,17)(H,15,16). The van der Waals surface area contributed by atoms with Gasteiger partial charge in [-0.1, -0.05) is 0 Å². The van der Waals surface area contributed by atoms with Crippen molar-refractivity contribution < 1.29 is 24.4 Å². The molecule has 1 fully saturated rings. The van der Waals surface area contributed by atoms with Crippen LogP contribution in [0.1, 0.15) is 26.7 Å². The second-order valence-electron chi connectivity index (χ2n) is 4.82. The molecule has 2 N–H and O–H groups in total. The van der Waals surface area contributed by atoms with Crippen LogP contribution in [0.3, 0.4) is 0 Å². The smallest absolute Gasteiger partial charge is 0.281 e. The van der Waals surface area contributed by atoms with E-state index in [4.69, 9.17) is 0 Å². The normalized spacial score (nSPS) is 17.9. The third-order valence-electron chi connectivity index (χ3n) is 3.26. The Hall–Kier alpha value is -1.43. The Balaban J connectivity index is 2.57. The quantitative estimate of drug-likeness (QED) is 0.545. The number of piperidine rings is 1. The predicted molar refractivity (Wildman–Crippen MR) is 57.0 cm³/mol. The van der Waals surface area contributed by atoms with Crippen LogP contribution < -0.4 is 15.3 Å². The van der Waals surface area contributed by atoms with Crippen molar-refractivity contribution in [2.75, 3.05) is 19.6 Å². The van der Waals surface area contributed by atoms with E-state index in [1.807, 2.05) is 0 Å². The zero-order valence-electron chi connectivity index (χ0n) is 10.2. The average molecular weight is 242 g/mol. The molecule has 96 valence electrons. The first-order valence-electron chi connectivity index (χ1n) is 5.69. The van der Waals surface area contributed by atoms with Crippen LogP contribution in [0.2, 0.25) is 0 Å². The van der Waals surface area contributed by atoms with Crippen LogP contribution >= 0.6 is 0 Å². The topological polar surface area (TPSA) is 90.7 Å². The summed E-state index contributed by atoms with van der Waals surface area (Å²) in [4.78, 5) is 34.2. The highest BCUT2D eigenvalue weighted by Gasteiger charge is 2.40. The largest absolute Gasteiger partial charge is 0.548 e. The van der Waals surface area contributed by atoms with Crippen molar-refractivity contribution in [3.63, 3.8) is 0 Å². The highest BCUT2D eigenvalue weighted by molar-refractivity contribution is 5.86. The fourth-order valence-corrected chi connectivity index (χ4v) is 1.99. The molecule has 6 nitrogen and oxygen atoms in total. The molecule has 0 saturated carbocycles. The Labute approximate surface area is 100.0 Å². The Morgan fingerprint density at radius 2 is 1.88 bits per heavy atom. The number of nitrogens with one attached hydrogen (secondary N) is 2. The number of carbonyl (C=O) groups is 3. The summed E-state index contributed by atoms with van der Waals surface area (Å²) in [5.41, 5.74) is -0.726. The molecule has 1 saturated heterocycles. The monoisotopic (exact) mass is 242 g/mol. The molecule has 1 rings (SSSR count). The summed E-state index contributed by atoms with van der Waals surface area (Å²) in [5.74, 6) is -1.41. The Bertz CT molecular complexity index is 328. The van der Waals surface area contributed by atoms with Gasteiger partial charge < -0.3 is 20.1 Å². The van der Waals surface area contributed by atoms with Crippen LogP contribution in [0.5, 0.6) is 0 Å². The number of aliphatic carboxylic acids is 1. The van der Waals surface area contributed by atoms with Crippen LogP contribution in [0.4, 0.5) is 0 Å². The molecule has 1 aliphatic heterocycles. The van der Waals surface area contributed by atoms with Gasteiger partial charge in [0.1, 0.15) is 5.78 Å². The number of likely N-dealkylation sites (tertiary alicyclic amines) is 1. The molecule has 6 heteroatoms. The first kappa shape index (κ1) is 13.6. The summed E-state index contributed by atoms with van der Waals surface area (Å²) in [7, 11) is 0. The van der Waals surface area contributed by atoms with Crippen LogP contribution in [-0.2, 0) is 14.4 Å². The number of carboxylic acid groups (broad SMARTS) is 1. The van der Waals surface area contributed by atoms with Gasteiger partial charge >= 0.3 is 0 Å². The molecule has 0 spiro atoms. The van der Waals surface area contributed by atoms with Gasteiger partial charge in [0.15, 0.2) is 5.54 Å². The van der Waals surface area contributed by atoms with Crippen LogP contribution in [0.15, 0.2) is 0 Å². The van der Waals surface area contributed by atoms with Crippen molar-refractivity contribution in [2.45, 2.75) is 32.2 Å². The minimum absolute atomic E-state index is 0.222. The third-order valence-corrected chi connectivity index (χ3v) is 3.26. The second-order valence-corrected chi connectivity index (χ2v) is 4.82. The molecule has 0 radical (unpaired) electrons. The molecule has 1 aliphatic rings. The fourth-order valence-electron chi connectivity index (χ4n) is 1.99. The van der Waals surface area contributed by atoms with Crippen molar-refractivity contribution in [3.05, 3.63) is 0 Å². The van der Waals surface area contributed by atoms with E-state index in [0.717, 1.165) is 4.90 Å². The van der Waals surface area contributed by atoms with E-state index in [1.165, 1.54) is 0 Å². The maximum Gasteiger partial charge on any atom is 0.281 e. The van der Waals surface area contributed by atoms with Crippen LogP contribution in [0.25, 0.3) is 0 Å². The van der Waals surface area contributed by atoms with Gasteiger partial charge in [0.25, 0.3) is 5.91 Å². The maximum atomic E-state index is 11.8. The summed E-state index contributed by atoms with van der Waals surface area (Å²) in [6.45, 7) is 4.26. The number of carbonyl (C=O) groups excluding carboxylic acids is 3. The molecule has 1 amide bonds. The summed E-state index contributed by atoms with van der Waals surface area (Å²) in [6.07, 6.45) is 0.957. The number of rotatable bonds is 4. The number of Topliss-reactive ketones (excluding diaryl/α,β-unsaturated/α-hetero) is 1. The molecule has 0 unspecified atom stereocenters. The Morgan fingerprint density at radius 1 is 1.35 bits per heavy atom. The lowest BCUT2D eigenvalue weighted by molar-refractivity contribution is -0.939. The van der Waals surface area contributed by atoms with E-state index in [9.17, 15) is 19.5 Å². The number of hydrogen-bond acceptors (Lipinski definition) is 4. The van der Waals surface area contributed by atoms with Gasteiger partial charge in [0.05, 0.1) is 38.4 Å². The molecule has 17 heavy (non-hydrogen) atoms. The molecular formula is C11H18N2O4. The number of hydrogen-bond donors (Lipinski definition) is 2. The molecule has 0 aromatic carbocycles. The molecule has 0 aliphatic carbocycles. The number of amides is 1. The first-order valence-corrected chi connectivity index (χ1v) is 5.69. The Kier molecular flexibility index (Phi) is 4.22. The second kappa shape index (κ2) is 5.27. The van der Waals surface area contributed by atoms with Gasteiger partial charge in [0, 0.05) is 0 Å². The third kappa shape index (κ3) is 3.52. The van der Waals surface area contributed by atoms with Crippen molar-refractivity contribution in [1.29, 1.82) is 0 Å². The molecular weight excluding hydrogens is 224 g/mol. The average Bonchev–Trinajstić information content (AvgIpc) is 2.26. The zero-order valence-corrected chi connectivity index (χ0v) is 10.2. The Morgan fingerprint density at radius 3 is 2.35 bits per heavy atom. The number of carboxylic acids is 1. The zero-order chi connectivity index (χ0) is 13.1. The molecule has 0 aromatic rings. The van der Waals surface area contributed by atoms with E-state index in [0.29, 0.717) is 25.9 Å². The lowest BCUT2D eigenvalue weighted by Gasteiger charge is -2.36. The predicted octanol–water partition coefficient (Wildman–Crippen LogP) is -3.12. The molecule has 0 atom stereocenters. The van der Waals surface area contributed by atoms with Crippen molar-refractivity contribution in [1.82, 2.24) is 5.32 Å². The van der Waals surface area contributed by atoms with Crippen LogP contribution in [-0.4, -0.2) is 42.8 Å². The molecule has 0 bridgehead atoms. The molecule has 1 heterocycles. The minimum atomic E-state index is -1.31. The highest BCUT2D eigenvalue weighted by Crippen LogP contribution is 2.01. The van der Waals surface area contributed by atoms with E-state index < -0.39 is 18.1 Å². The van der Waals surface area contributed by atoms with Crippen molar-refractivity contribution in [3.8, 4) is 0 Å². The number of quaternary nitrogens is 1. The highest BCUT2D eigenvalue weighted by atomic mass is 16.4. The van der Waals surface area contributed by atoms with Crippen molar-refractivity contribution >= 4 is 17.7 Å². The summed E-state index contributed by atoms with van der Waals surface area (Å²) >= 11 is 0. The van der Waals surface area contributed by atoms with Gasteiger partial charge in [-0.15, -0.1) is 0 Å². The van der Waals surface area contributed by atoms with Crippen molar-refractivity contribution in [2.24, 2.45) is 0 Å². The lowest BCUT2D eigenvalue weighted by Crippen LogP contribution is -3.21. The SMILES string of the molecule is CC(C)(C(=O)NCC(=O)[O-])[NH+]1CCC(=O)CC1. The van der Waals surface area contributed by atoms with Gasteiger partial charge in [-0.05, 0) is 13.8 Å². The van der Waals surface area contributed by atoms with Gasteiger partial charge in [-0.25, -0.2) is 0 Å². The summed E-state index contributed by atoms with van der Waals surface area (Å²) < 4.78 is 0. The lowest BCUT2D eigenvalue weighted by atomic mass is 9.97. The van der Waals surface area contributed by atoms with Crippen LogP contribution in [0, 0.1) is 0 Å². The van der Waals surface area contributed by atoms with E-state index in [-0.39, 0.29) is 11.7 Å². The summed E-state index contributed by atoms with van der Waals surface area (Å²) in [5, 5.41) is 12.6. The van der Waals surface area contributed by atoms with Gasteiger partial charge in [0.2, 0.25) is 0 Å². The molecule has 0 aromatic heterocycles. The summed E-state index contributed by atoms with van der Waals surface area (Å²) in [6, 6.07) is 0. The van der Waals surface area contributed by atoms with E-state index in [2.05, 4.69) is 5.32 Å². The van der Waals surface area contributed by atoms with Gasteiger partial charge in [-0.3, -0.25) is 9.59 Å². The minimum Gasteiger partial charge on any atom is -0.548 e. The van der Waals surface area contributed by atoms with E-state index >= 15 is 0 Å². The fraction of sp³-hybridized carbons (Fsp3) is 0.727. The van der Waals surface area contributed by atoms with E-state index in [1.54, 1.807) is 13.8 Å². The first-order chi connectivity index (χ1) is 7.84. The van der Waals surface area contributed by atoms with Gasteiger partial charge in [-0.2, -0.15) is 0 Å².